The van der Waals surface area contributed by atoms with E-state index in [0.29, 0.717) is 12.0 Å². The summed E-state index contributed by atoms with van der Waals surface area (Å²) in [5.41, 5.74) is 0.327. The molecule has 1 amide bonds. The number of hydrogen-bond donors (Lipinski definition) is 2. The number of esters is 1. The highest BCUT2D eigenvalue weighted by Gasteiger charge is 2.22. The Morgan fingerprint density at radius 1 is 1.28 bits per heavy atom. The van der Waals surface area contributed by atoms with E-state index in [9.17, 15) is 18.0 Å². The lowest BCUT2D eigenvalue weighted by molar-refractivity contribution is -0.145. The fourth-order valence-electron chi connectivity index (χ4n) is 2.00. The Hall–Kier alpha value is -2.44. The van der Waals surface area contributed by atoms with Crippen molar-refractivity contribution in [3.8, 4) is 6.07 Å². The number of unbranched alkanes of at least 4 members (excludes halogenated alkanes) is 1. The third-order valence-electron chi connectivity index (χ3n) is 3.38. The second-order valence-electron chi connectivity index (χ2n) is 5.25. The quantitative estimate of drug-likeness (QED) is 0.618. The fraction of sp³-hybridized carbons (Fsp3) is 0.438. The van der Waals surface area contributed by atoms with Crippen LogP contribution < -0.4 is 10.0 Å². The van der Waals surface area contributed by atoms with Gasteiger partial charge in [-0.3, -0.25) is 4.79 Å². The normalized spacial score (nSPS) is 12.0. The van der Waals surface area contributed by atoms with Gasteiger partial charge in [0.05, 0.1) is 30.2 Å². The molecule has 1 atom stereocenters. The minimum absolute atomic E-state index is 0.0604. The van der Waals surface area contributed by atoms with Crippen molar-refractivity contribution in [1.82, 2.24) is 10.0 Å². The molecule has 0 aliphatic carbocycles. The topological polar surface area (TPSA) is 125 Å². The van der Waals surface area contributed by atoms with Crippen LogP contribution in [-0.4, -0.2) is 40.0 Å². The van der Waals surface area contributed by atoms with Crippen molar-refractivity contribution in [1.29, 1.82) is 5.26 Å². The number of carbonyl (C=O) groups excluding carboxylic acids is 2. The predicted octanol–water partition coefficient (Wildman–Crippen LogP) is 0.685. The first-order valence-electron chi connectivity index (χ1n) is 7.71. The molecule has 8 nitrogen and oxygen atoms in total. The summed E-state index contributed by atoms with van der Waals surface area (Å²) < 4.78 is 31.0. The van der Waals surface area contributed by atoms with Gasteiger partial charge in [0.25, 0.3) is 0 Å². The highest BCUT2D eigenvalue weighted by Crippen LogP contribution is 2.09. The second-order valence-corrected chi connectivity index (χ2v) is 7.01. The van der Waals surface area contributed by atoms with Crippen LogP contribution in [-0.2, 0) is 24.3 Å². The van der Waals surface area contributed by atoms with E-state index >= 15 is 0 Å². The van der Waals surface area contributed by atoms with Gasteiger partial charge < -0.3 is 10.1 Å². The summed E-state index contributed by atoms with van der Waals surface area (Å²) in [6, 6.07) is 6.36. The smallest absolute Gasteiger partial charge is 0.328 e. The van der Waals surface area contributed by atoms with Crippen molar-refractivity contribution in [2.45, 2.75) is 37.1 Å². The monoisotopic (exact) mass is 367 g/mol. The van der Waals surface area contributed by atoms with Crippen molar-refractivity contribution in [2.24, 2.45) is 0 Å². The van der Waals surface area contributed by atoms with Crippen molar-refractivity contribution in [3.05, 3.63) is 29.8 Å². The zero-order valence-corrected chi connectivity index (χ0v) is 14.9. The zero-order valence-electron chi connectivity index (χ0n) is 14.1. The molecule has 0 bridgehead atoms. The van der Waals surface area contributed by atoms with E-state index in [1.165, 1.54) is 31.4 Å². The van der Waals surface area contributed by atoms with Gasteiger partial charge in [-0.05, 0) is 30.7 Å². The Morgan fingerprint density at radius 2 is 1.92 bits per heavy atom. The maximum Gasteiger partial charge on any atom is 0.328 e. The van der Waals surface area contributed by atoms with Gasteiger partial charge in [0, 0.05) is 0 Å². The van der Waals surface area contributed by atoms with Gasteiger partial charge in [0.2, 0.25) is 15.9 Å². The Kier molecular flexibility index (Phi) is 8.04. The minimum atomic E-state index is -3.90. The minimum Gasteiger partial charge on any atom is -0.467 e. The number of hydrogen-bond acceptors (Lipinski definition) is 6. The molecular formula is C16H21N3O5S. The number of benzene rings is 1. The number of rotatable bonds is 9. The fourth-order valence-corrected chi connectivity index (χ4v) is 2.98. The summed E-state index contributed by atoms with van der Waals surface area (Å²) in [6.45, 7) is 1.43. The van der Waals surface area contributed by atoms with Gasteiger partial charge in [-0.15, -0.1) is 0 Å². The van der Waals surface area contributed by atoms with Gasteiger partial charge in [0.1, 0.15) is 6.04 Å². The molecule has 25 heavy (non-hydrogen) atoms. The van der Waals surface area contributed by atoms with Gasteiger partial charge >= 0.3 is 5.97 Å². The van der Waals surface area contributed by atoms with E-state index in [2.05, 4.69) is 14.8 Å². The van der Waals surface area contributed by atoms with Crippen LogP contribution in [0.3, 0.4) is 0 Å². The number of nitriles is 1. The molecule has 1 rings (SSSR count). The number of ether oxygens (including phenoxy) is 1. The molecule has 2 N–H and O–H groups in total. The number of nitrogens with one attached hydrogen (secondary N) is 2. The molecule has 0 fully saturated rings. The van der Waals surface area contributed by atoms with Crippen molar-refractivity contribution < 1.29 is 22.7 Å². The van der Waals surface area contributed by atoms with E-state index in [0.717, 1.165) is 12.8 Å². The largest absolute Gasteiger partial charge is 0.467 e. The molecule has 9 heteroatoms. The maximum absolute atomic E-state index is 12.1. The lowest BCUT2D eigenvalue weighted by atomic mass is 10.1. The number of amides is 1. The highest BCUT2D eigenvalue weighted by molar-refractivity contribution is 7.89. The molecule has 1 unspecified atom stereocenters. The average molecular weight is 367 g/mol. The van der Waals surface area contributed by atoms with Crippen LogP contribution >= 0.6 is 0 Å². The maximum atomic E-state index is 12.1. The Balaban J connectivity index is 2.66. The van der Waals surface area contributed by atoms with Crippen LogP contribution in [0.15, 0.2) is 29.2 Å². The van der Waals surface area contributed by atoms with E-state index < -0.39 is 34.5 Å². The van der Waals surface area contributed by atoms with Crippen LogP contribution in [0.1, 0.15) is 31.7 Å². The average Bonchev–Trinajstić information content (AvgIpc) is 2.62. The van der Waals surface area contributed by atoms with Gasteiger partial charge in [-0.1, -0.05) is 19.8 Å². The number of nitrogens with zero attached hydrogens (tertiary/aromatic N) is 1. The van der Waals surface area contributed by atoms with Crippen molar-refractivity contribution in [3.63, 3.8) is 0 Å². The molecule has 0 aliphatic heterocycles. The van der Waals surface area contributed by atoms with Crippen LogP contribution in [0.25, 0.3) is 0 Å². The molecule has 0 spiro atoms. The van der Waals surface area contributed by atoms with Crippen LogP contribution in [0, 0.1) is 11.3 Å². The van der Waals surface area contributed by atoms with Crippen LogP contribution in [0.2, 0.25) is 0 Å². The molecule has 0 aliphatic rings. The molecule has 0 saturated heterocycles. The second kappa shape index (κ2) is 9.76. The summed E-state index contributed by atoms with van der Waals surface area (Å²) >= 11 is 0. The lowest BCUT2D eigenvalue weighted by Gasteiger charge is -2.16. The molecule has 0 aromatic heterocycles. The number of methoxy groups -OCH3 is 1. The van der Waals surface area contributed by atoms with Gasteiger partial charge in [0.15, 0.2) is 0 Å². The Morgan fingerprint density at radius 3 is 2.44 bits per heavy atom. The Labute approximate surface area is 147 Å². The standard InChI is InChI=1S/C16H21N3O5S/c1-3-4-5-14(16(21)24-2)19-15(20)11-18-25(22,23)13-8-6-12(10-17)7-9-13/h6-9,14,18H,3-5,11H2,1-2H3,(H,19,20). The molecule has 0 radical (unpaired) electrons. The van der Waals surface area contributed by atoms with Crippen LogP contribution in [0.4, 0.5) is 0 Å². The third-order valence-corrected chi connectivity index (χ3v) is 4.80. The third kappa shape index (κ3) is 6.52. The number of sulfonamides is 1. The molecular weight excluding hydrogens is 346 g/mol. The summed E-state index contributed by atoms with van der Waals surface area (Å²) in [5.74, 6) is -1.21. The van der Waals surface area contributed by atoms with E-state index in [1.807, 2.05) is 13.0 Å². The summed E-state index contributed by atoms with van der Waals surface area (Å²) in [7, 11) is -2.67. The summed E-state index contributed by atoms with van der Waals surface area (Å²) in [5, 5.41) is 11.2. The van der Waals surface area contributed by atoms with E-state index in [1.54, 1.807) is 0 Å². The zero-order chi connectivity index (χ0) is 18.9. The first kappa shape index (κ1) is 20.6. The van der Waals surface area contributed by atoms with Crippen LogP contribution in [0.5, 0.6) is 0 Å². The van der Waals surface area contributed by atoms with E-state index in [4.69, 9.17) is 5.26 Å². The summed E-state index contributed by atoms with van der Waals surface area (Å²) in [6.07, 6.45) is 1.98. The van der Waals surface area contributed by atoms with Crippen molar-refractivity contribution in [2.75, 3.05) is 13.7 Å². The first-order valence-corrected chi connectivity index (χ1v) is 9.19. The first-order chi connectivity index (χ1) is 11.8. The molecule has 0 heterocycles. The SMILES string of the molecule is CCCCC(NC(=O)CNS(=O)(=O)c1ccc(C#N)cc1)C(=O)OC. The molecule has 1 aromatic carbocycles. The molecule has 136 valence electrons. The van der Waals surface area contributed by atoms with Crippen molar-refractivity contribution >= 4 is 21.9 Å². The predicted molar refractivity (Wildman–Crippen MR) is 89.8 cm³/mol. The molecule has 1 aromatic rings. The lowest BCUT2D eigenvalue weighted by Crippen LogP contribution is -2.45. The van der Waals surface area contributed by atoms with Gasteiger partial charge in [-0.25, -0.2) is 17.9 Å². The Bertz CT molecular complexity index is 738. The van der Waals surface area contributed by atoms with Gasteiger partial charge in [-0.2, -0.15) is 5.26 Å². The highest BCUT2D eigenvalue weighted by atomic mass is 32.2. The summed E-state index contributed by atoms with van der Waals surface area (Å²) in [4.78, 5) is 23.5. The van der Waals surface area contributed by atoms with E-state index in [-0.39, 0.29) is 4.90 Å². The number of carbonyl (C=O) groups is 2. The molecule has 0 saturated carbocycles.